The lowest BCUT2D eigenvalue weighted by molar-refractivity contribution is -0.147. The Labute approximate surface area is 350 Å². The van der Waals surface area contributed by atoms with Crippen LogP contribution in [0.4, 0.5) is 10.1 Å². The third-order valence-corrected chi connectivity index (χ3v) is 12.6. The van der Waals surface area contributed by atoms with Gasteiger partial charge in [0.25, 0.3) is 5.91 Å². The van der Waals surface area contributed by atoms with Crippen LogP contribution in [0.5, 0.6) is 0 Å². The summed E-state index contributed by atoms with van der Waals surface area (Å²) in [5, 5.41) is 18.3. The van der Waals surface area contributed by atoms with Crippen molar-refractivity contribution in [1.29, 1.82) is 0 Å². The minimum atomic E-state index is -1.17. The summed E-state index contributed by atoms with van der Waals surface area (Å²) >= 11 is 1.30. The van der Waals surface area contributed by atoms with Crippen molar-refractivity contribution in [3.05, 3.63) is 45.7 Å². The van der Waals surface area contributed by atoms with E-state index in [2.05, 4.69) is 36.3 Å². The molecule has 1 aliphatic rings. The van der Waals surface area contributed by atoms with E-state index in [9.17, 15) is 28.7 Å². The summed E-state index contributed by atoms with van der Waals surface area (Å²) in [5.41, 5.74) is 5.23. The maximum absolute atomic E-state index is 14.9. The molecule has 0 aliphatic carbocycles. The number of carboxylic acids is 1. The molecular weight excluding hydrogens is 760 g/mol. The average Bonchev–Trinajstić information content (AvgIpc) is 3.67. The van der Waals surface area contributed by atoms with Gasteiger partial charge < -0.3 is 31.1 Å². The minimum absolute atomic E-state index is 0.00235. The van der Waals surface area contributed by atoms with Gasteiger partial charge in [0, 0.05) is 37.0 Å². The molecule has 3 rings (SSSR count). The normalized spacial score (nSPS) is 17.6. The number of nitrogens with two attached hydrogens (primary N) is 1. The van der Waals surface area contributed by atoms with Gasteiger partial charge in [0.15, 0.2) is 0 Å². The fraction of sp³-hybridized carbons (Fsp3) is 0.705. The monoisotopic (exact) mass is 831 g/mol. The van der Waals surface area contributed by atoms with E-state index in [1.807, 2.05) is 32.7 Å². The van der Waals surface area contributed by atoms with Gasteiger partial charge in [-0.3, -0.25) is 24.1 Å². The van der Waals surface area contributed by atoms with Crippen molar-refractivity contribution in [3.8, 4) is 0 Å². The zero-order valence-electron chi connectivity index (χ0n) is 36.4. The van der Waals surface area contributed by atoms with Gasteiger partial charge in [-0.2, -0.15) is 0 Å². The molecule has 1 saturated heterocycles. The molecule has 2 aromatic rings. The molecule has 0 saturated carbocycles. The number of carbonyl (C=O) groups is 4. The number of nitrogens with zero attached hydrogens (tertiary/aromatic N) is 3. The van der Waals surface area contributed by atoms with Crippen LogP contribution in [0.15, 0.2) is 23.6 Å². The first kappa shape index (κ1) is 48.7. The zero-order chi connectivity index (χ0) is 43.2. The van der Waals surface area contributed by atoms with Crippen molar-refractivity contribution in [2.45, 2.75) is 156 Å². The van der Waals surface area contributed by atoms with E-state index >= 15 is 0 Å². The van der Waals surface area contributed by atoms with Gasteiger partial charge in [-0.25, -0.2) is 9.37 Å². The topological polar surface area (TPSA) is 167 Å². The van der Waals surface area contributed by atoms with Crippen LogP contribution in [0.25, 0.3) is 0 Å². The third kappa shape index (κ3) is 14.0. The lowest BCUT2D eigenvalue weighted by Gasteiger charge is -2.40. The van der Waals surface area contributed by atoms with Crippen LogP contribution in [0.1, 0.15) is 147 Å². The van der Waals surface area contributed by atoms with Gasteiger partial charge in [-0.15, -0.1) is 11.3 Å². The van der Waals surface area contributed by atoms with E-state index in [1.54, 1.807) is 25.3 Å². The molecular formula is C44H71FN6O6S. The van der Waals surface area contributed by atoms with Gasteiger partial charge >= 0.3 is 5.97 Å². The van der Waals surface area contributed by atoms with Crippen LogP contribution in [0.2, 0.25) is 0 Å². The quantitative estimate of drug-likeness (QED) is 0.0615. The number of carbonyl (C=O) groups excluding carboxylic acids is 3. The summed E-state index contributed by atoms with van der Waals surface area (Å²) in [6, 6.07) is 2.58. The summed E-state index contributed by atoms with van der Waals surface area (Å²) < 4.78 is 20.7. The molecule has 14 heteroatoms. The van der Waals surface area contributed by atoms with Crippen LogP contribution in [-0.2, 0) is 25.5 Å². The predicted molar refractivity (Wildman–Crippen MR) is 229 cm³/mol. The van der Waals surface area contributed by atoms with Gasteiger partial charge in [0.1, 0.15) is 28.7 Å². The van der Waals surface area contributed by atoms with Crippen LogP contribution in [0, 0.1) is 23.1 Å². The van der Waals surface area contributed by atoms with Gasteiger partial charge in [0.05, 0.1) is 17.1 Å². The van der Waals surface area contributed by atoms with Crippen molar-refractivity contribution in [2.75, 3.05) is 32.5 Å². The maximum atomic E-state index is 14.9. The number of thiazole rings is 1. The van der Waals surface area contributed by atoms with Crippen LogP contribution in [-0.4, -0.2) is 94.5 Å². The molecule has 12 nitrogen and oxygen atoms in total. The van der Waals surface area contributed by atoms with Crippen molar-refractivity contribution in [1.82, 2.24) is 25.4 Å². The molecule has 1 fully saturated rings. The number of rotatable bonds is 24. The summed E-state index contributed by atoms with van der Waals surface area (Å²) in [4.78, 5) is 63.2. The Hall–Kier alpha value is -3.62. The van der Waals surface area contributed by atoms with Crippen LogP contribution >= 0.6 is 11.3 Å². The van der Waals surface area contributed by atoms with Crippen molar-refractivity contribution in [3.63, 3.8) is 0 Å². The van der Waals surface area contributed by atoms with E-state index in [-0.39, 0.29) is 60.0 Å². The minimum Gasteiger partial charge on any atom is -0.481 e. The first-order valence-electron chi connectivity index (χ1n) is 21.4. The molecule has 3 amide bonds. The number of hydrogen-bond donors (Lipinski definition) is 4. The van der Waals surface area contributed by atoms with Gasteiger partial charge in [-0.1, -0.05) is 72.8 Å². The second-order valence-electron chi connectivity index (χ2n) is 17.1. The Kier molecular flexibility index (Phi) is 19.5. The summed E-state index contributed by atoms with van der Waals surface area (Å²) in [6.07, 6.45) is 7.66. The van der Waals surface area contributed by atoms with E-state index in [0.717, 1.165) is 57.9 Å². The number of likely N-dealkylation sites (tertiary alicyclic amines) is 1. The highest BCUT2D eigenvalue weighted by Crippen LogP contribution is 2.32. The molecule has 0 radical (unpaired) electrons. The molecule has 1 aromatic heterocycles. The Morgan fingerprint density at radius 1 is 1.10 bits per heavy atom. The SMILES string of the molecule is CCCCCCN(C(=O)[C@@H](NC(=O)[C@H]1CCCCN1C)[C@@H](C)CC)[C@H](CC(OCC)c1nc(C(=O)N[C@@H](Cc2ccc(N)c(F)c2)CC(C)(C)C(=O)O)cs1)C(C)C. The highest BCUT2D eigenvalue weighted by Gasteiger charge is 2.38. The number of hydrogen-bond acceptors (Lipinski definition) is 9. The third-order valence-electron chi connectivity index (χ3n) is 11.6. The number of anilines is 1. The Morgan fingerprint density at radius 3 is 2.43 bits per heavy atom. The van der Waals surface area contributed by atoms with Gasteiger partial charge in [-0.05, 0) is 96.0 Å². The molecule has 1 unspecified atom stereocenters. The molecule has 58 heavy (non-hydrogen) atoms. The number of nitrogen functional groups attached to an aromatic ring is 1. The number of piperidine rings is 1. The van der Waals surface area contributed by atoms with E-state index in [1.165, 1.54) is 23.5 Å². The molecule has 326 valence electrons. The Morgan fingerprint density at radius 2 is 1.83 bits per heavy atom. The molecule has 6 atom stereocenters. The number of unbranched alkanes of at least 4 members (excludes halogenated alkanes) is 3. The number of benzene rings is 1. The zero-order valence-corrected chi connectivity index (χ0v) is 37.3. The number of aromatic nitrogens is 1. The summed E-state index contributed by atoms with van der Waals surface area (Å²) in [7, 11) is 1.97. The molecule has 0 spiro atoms. The maximum Gasteiger partial charge on any atom is 0.309 e. The van der Waals surface area contributed by atoms with E-state index in [4.69, 9.17) is 15.5 Å². The van der Waals surface area contributed by atoms with Crippen molar-refractivity contribution < 1.29 is 33.4 Å². The number of carboxylic acid groups (broad SMARTS) is 1. The van der Waals surface area contributed by atoms with Crippen molar-refractivity contribution >= 4 is 40.7 Å². The van der Waals surface area contributed by atoms with Crippen molar-refractivity contribution in [2.24, 2.45) is 17.3 Å². The van der Waals surface area contributed by atoms with Crippen LogP contribution < -0.4 is 16.4 Å². The first-order chi connectivity index (χ1) is 27.4. The average molecular weight is 831 g/mol. The van der Waals surface area contributed by atoms with Crippen LogP contribution in [0.3, 0.4) is 0 Å². The molecule has 1 aliphatic heterocycles. The van der Waals surface area contributed by atoms with E-state index < -0.39 is 41.3 Å². The van der Waals surface area contributed by atoms with E-state index in [0.29, 0.717) is 30.1 Å². The number of likely N-dealkylation sites (N-methyl/N-ethyl adjacent to an activating group) is 1. The fourth-order valence-corrected chi connectivity index (χ4v) is 8.60. The Bertz CT molecular complexity index is 1640. The number of nitrogens with one attached hydrogen (secondary N) is 2. The molecule has 2 heterocycles. The lowest BCUT2D eigenvalue weighted by Crippen LogP contribution is -2.59. The first-order valence-corrected chi connectivity index (χ1v) is 22.3. The summed E-state index contributed by atoms with van der Waals surface area (Å²) in [5.74, 6) is -2.30. The second-order valence-corrected chi connectivity index (χ2v) is 18.0. The largest absolute Gasteiger partial charge is 0.481 e. The highest BCUT2D eigenvalue weighted by atomic mass is 32.1. The molecule has 0 bridgehead atoms. The Balaban J connectivity index is 1.91. The second kappa shape index (κ2) is 23.2. The highest BCUT2D eigenvalue weighted by molar-refractivity contribution is 7.09. The van der Waals surface area contributed by atoms with Gasteiger partial charge in [0.2, 0.25) is 11.8 Å². The number of amides is 3. The summed E-state index contributed by atoms with van der Waals surface area (Å²) in [6.45, 7) is 17.3. The molecule has 1 aromatic carbocycles. The standard InChI is InChI=1S/C44H71FN6O6S/c1-10-13-14-16-22-51(42(54)38(29(6)11-2)49-40(53)35-18-15-17-21-50(35)9)36(28(4)5)25-37(57-12-3)41-48-34(27-58-41)39(52)47-31(26-44(7,8)43(55)56)23-30-19-20-33(46)32(45)24-30/h19-20,24,27-29,31,35-38H,10-18,21-23,25-26,46H2,1-9H3,(H,47,52)(H,49,53)(H,55,56)/t29-,31-,35+,36+,37?,38-/m0/s1. The number of ether oxygens (including phenoxy) is 1. The lowest BCUT2D eigenvalue weighted by atomic mass is 9.84. The predicted octanol–water partition coefficient (Wildman–Crippen LogP) is 7.62. The molecule has 5 N–H and O–H groups in total. The number of aliphatic carboxylic acids is 1. The fourth-order valence-electron chi connectivity index (χ4n) is 7.74. The number of halogens is 1. The smallest absolute Gasteiger partial charge is 0.309 e.